The molecule has 0 saturated heterocycles. The molecular formula is C53H94O6. The van der Waals surface area contributed by atoms with Crippen LogP contribution in [-0.4, -0.2) is 37.2 Å². The molecule has 0 aromatic carbocycles. The molecule has 0 unspecified atom stereocenters. The van der Waals surface area contributed by atoms with Crippen LogP contribution in [0.4, 0.5) is 0 Å². The molecule has 6 heteroatoms. The molecule has 0 aliphatic carbocycles. The molecule has 0 heterocycles. The molecular weight excluding hydrogens is 733 g/mol. The lowest BCUT2D eigenvalue weighted by molar-refractivity contribution is -0.167. The first kappa shape index (κ1) is 56.4. The van der Waals surface area contributed by atoms with Gasteiger partial charge in [-0.2, -0.15) is 0 Å². The van der Waals surface area contributed by atoms with E-state index in [4.69, 9.17) is 14.2 Å². The summed E-state index contributed by atoms with van der Waals surface area (Å²) in [5.74, 6) is -0.912. The number of hydrogen-bond donors (Lipinski definition) is 0. The van der Waals surface area contributed by atoms with Crippen molar-refractivity contribution in [3.8, 4) is 0 Å². The molecule has 59 heavy (non-hydrogen) atoms. The van der Waals surface area contributed by atoms with Gasteiger partial charge in [-0.3, -0.25) is 14.4 Å². The van der Waals surface area contributed by atoms with E-state index < -0.39 is 6.10 Å². The molecule has 0 aromatic heterocycles. The fraction of sp³-hybridized carbons (Fsp3) is 0.792. The van der Waals surface area contributed by atoms with E-state index in [-0.39, 0.29) is 31.1 Å². The second-order valence-electron chi connectivity index (χ2n) is 16.7. The maximum Gasteiger partial charge on any atom is 0.306 e. The van der Waals surface area contributed by atoms with Gasteiger partial charge in [0.05, 0.1) is 0 Å². The highest BCUT2D eigenvalue weighted by Gasteiger charge is 2.19. The van der Waals surface area contributed by atoms with E-state index in [1.54, 1.807) is 0 Å². The van der Waals surface area contributed by atoms with Crippen molar-refractivity contribution in [1.29, 1.82) is 0 Å². The number of ether oxygens (including phenoxy) is 3. The molecule has 0 saturated carbocycles. The standard InChI is InChI=1S/C53H94O6/c1-4-7-10-13-16-19-22-25-28-31-34-37-40-43-46-52(55)58-49-50(48-57-51(54)45-42-39-36-33-30-27-24-21-18-15-12-9-6-3)59-53(56)47-44-41-38-35-32-29-26-23-20-17-14-11-8-5-2/h13,16,21-26,50H,4-12,14-15,17-20,27-49H2,1-3H3/b16-13-,24-21-,25-22-,26-23-/t50-/m1/s1. The third kappa shape index (κ3) is 46.3. The first-order valence-electron chi connectivity index (χ1n) is 25.1. The first-order chi connectivity index (χ1) is 29.0. The fourth-order valence-electron chi connectivity index (χ4n) is 6.92. The van der Waals surface area contributed by atoms with Crippen LogP contribution in [0.1, 0.15) is 252 Å². The van der Waals surface area contributed by atoms with Crippen LogP contribution in [0.5, 0.6) is 0 Å². The van der Waals surface area contributed by atoms with Gasteiger partial charge in [0.15, 0.2) is 6.10 Å². The van der Waals surface area contributed by atoms with Crippen molar-refractivity contribution < 1.29 is 28.6 Å². The van der Waals surface area contributed by atoms with Crippen LogP contribution in [0.25, 0.3) is 0 Å². The van der Waals surface area contributed by atoms with Crippen molar-refractivity contribution >= 4 is 17.9 Å². The molecule has 0 spiro atoms. The summed E-state index contributed by atoms with van der Waals surface area (Å²) >= 11 is 0. The Morgan fingerprint density at radius 3 is 1.02 bits per heavy atom. The zero-order chi connectivity index (χ0) is 43.0. The zero-order valence-electron chi connectivity index (χ0n) is 39.0. The van der Waals surface area contributed by atoms with Gasteiger partial charge < -0.3 is 14.2 Å². The Bertz CT molecular complexity index is 1040. The fourth-order valence-corrected chi connectivity index (χ4v) is 6.92. The summed E-state index contributed by atoms with van der Waals surface area (Å²) in [6.45, 7) is 6.55. The van der Waals surface area contributed by atoms with Gasteiger partial charge in [-0.05, 0) is 96.3 Å². The quantitative estimate of drug-likeness (QED) is 0.0263. The predicted octanol–water partition coefficient (Wildman–Crippen LogP) is 16.3. The number of hydrogen-bond acceptors (Lipinski definition) is 6. The van der Waals surface area contributed by atoms with Crippen molar-refractivity contribution in [2.75, 3.05) is 13.2 Å². The SMILES string of the molecule is CCCC/C=C\C/C=C\CCCCCCCC(=O)OC[C@@H](COC(=O)CCCCCCC/C=C\CCCCCC)OC(=O)CCCCCCC/C=C\CCCCCCC. The topological polar surface area (TPSA) is 78.9 Å². The van der Waals surface area contributed by atoms with Crippen LogP contribution in [0, 0.1) is 0 Å². The summed E-state index contributed by atoms with van der Waals surface area (Å²) in [4.78, 5) is 37.9. The van der Waals surface area contributed by atoms with E-state index >= 15 is 0 Å². The van der Waals surface area contributed by atoms with Crippen LogP contribution < -0.4 is 0 Å². The Balaban J connectivity index is 4.42. The number of esters is 3. The number of rotatable bonds is 45. The largest absolute Gasteiger partial charge is 0.462 e. The monoisotopic (exact) mass is 827 g/mol. The number of unbranched alkanes of at least 4 members (excludes halogenated alkanes) is 26. The summed E-state index contributed by atoms with van der Waals surface area (Å²) in [6.07, 6.45) is 56.6. The molecule has 0 aromatic rings. The second-order valence-corrected chi connectivity index (χ2v) is 16.7. The van der Waals surface area contributed by atoms with E-state index in [9.17, 15) is 14.4 Å². The van der Waals surface area contributed by atoms with Crippen molar-refractivity contribution in [3.05, 3.63) is 48.6 Å². The van der Waals surface area contributed by atoms with Gasteiger partial charge in [0.2, 0.25) is 0 Å². The van der Waals surface area contributed by atoms with Gasteiger partial charge in [0.1, 0.15) is 13.2 Å². The number of carbonyl (C=O) groups excluding carboxylic acids is 3. The van der Waals surface area contributed by atoms with Gasteiger partial charge in [0, 0.05) is 19.3 Å². The van der Waals surface area contributed by atoms with Gasteiger partial charge in [-0.25, -0.2) is 0 Å². The van der Waals surface area contributed by atoms with E-state index in [1.807, 2.05) is 0 Å². The molecule has 0 rings (SSSR count). The smallest absolute Gasteiger partial charge is 0.306 e. The maximum atomic E-state index is 12.8. The molecule has 0 bridgehead atoms. The minimum atomic E-state index is -0.784. The van der Waals surface area contributed by atoms with Crippen molar-refractivity contribution in [2.45, 2.75) is 258 Å². The Morgan fingerprint density at radius 2 is 0.627 bits per heavy atom. The molecule has 6 nitrogen and oxygen atoms in total. The Morgan fingerprint density at radius 1 is 0.339 bits per heavy atom. The van der Waals surface area contributed by atoms with Crippen LogP contribution >= 0.6 is 0 Å². The summed E-state index contributed by atoms with van der Waals surface area (Å²) in [7, 11) is 0. The lowest BCUT2D eigenvalue weighted by atomic mass is 10.1. The van der Waals surface area contributed by atoms with Gasteiger partial charge in [-0.15, -0.1) is 0 Å². The van der Waals surface area contributed by atoms with Gasteiger partial charge in [-0.1, -0.05) is 185 Å². The molecule has 0 radical (unpaired) electrons. The second kappa shape index (κ2) is 48.0. The highest BCUT2D eigenvalue weighted by Crippen LogP contribution is 2.14. The molecule has 0 fully saturated rings. The zero-order valence-corrected chi connectivity index (χ0v) is 39.0. The van der Waals surface area contributed by atoms with E-state index in [0.717, 1.165) is 96.3 Å². The average Bonchev–Trinajstić information content (AvgIpc) is 3.23. The van der Waals surface area contributed by atoms with Crippen molar-refractivity contribution in [1.82, 2.24) is 0 Å². The Labute approximate surface area is 365 Å². The highest BCUT2D eigenvalue weighted by molar-refractivity contribution is 5.71. The summed E-state index contributed by atoms with van der Waals surface area (Å²) in [5, 5.41) is 0. The average molecular weight is 827 g/mol. The summed E-state index contributed by atoms with van der Waals surface area (Å²) < 4.78 is 16.8. The van der Waals surface area contributed by atoms with E-state index in [2.05, 4.69) is 69.4 Å². The van der Waals surface area contributed by atoms with Crippen LogP contribution in [0.15, 0.2) is 48.6 Å². The summed E-state index contributed by atoms with van der Waals surface area (Å²) in [6, 6.07) is 0. The lowest BCUT2D eigenvalue weighted by Crippen LogP contribution is -2.30. The predicted molar refractivity (Wildman–Crippen MR) is 252 cm³/mol. The van der Waals surface area contributed by atoms with Crippen LogP contribution in [-0.2, 0) is 28.6 Å². The normalized spacial score (nSPS) is 12.4. The third-order valence-electron chi connectivity index (χ3n) is 10.8. The van der Waals surface area contributed by atoms with Crippen LogP contribution in [0.3, 0.4) is 0 Å². The molecule has 0 aliphatic rings. The minimum Gasteiger partial charge on any atom is -0.462 e. The third-order valence-corrected chi connectivity index (χ3v) is 10.8. The maximum absolute atomic E-state index is 12.8. The van der Waals surface area contributed by atoms with Crippen molar-refractivity contribution in [3.63, 3.8) is 0 Å². The Hall–Kier alpha value is -2.63. The molecule has 0 aliphatic heterocycles. The molecule has 0 N–H and O–H groups in total. The molecule has 1 atom stereocenters. The minimum absolute atomic E-state index is 0.0848. The van der Waals surface area contributed by atoms with E-state index in [0.29, 0.717) is 19.3 Å². The first-order valence-corrected chi connectivity index (χ1v) is 25.1. The highest BCUT2D eigenvalue weighted by atomic mass is 16.6. The molecule has 0 amide bonds. The van der Waals surface area contributed by atoms with Gasteiger partial charge >= 0.3 is 17.9 Å². The lowest BCUT2D eigenvalue weighted by Gasteiger charge is -2.18. The molecule has 342 valence electrons. The summed E-state index contributed by atoms with van der Waals surface area (Å²) in [5.41, 5.74) is 0. The Kier molecular flexibility index (Phi) is 45.9. The van der Waals surface area contributed by atoms with E-state index in [1.165, 1.54) is 116 Å². The van der Waals surface area contributed by atoms with Gasteiger partial charge in [0.25, 0.3) is 0 Å². The number of allylic oxidation sites excluding steroid dienone is 8. The van der Waals surface area contributed by atoms with Crippen molar-refractivity contribution in [2.24, 2.45) is 0 Å². The number of carbonyl (C=O) groups is 3. The van der Waals surface area contributed by atoms with Crippen LogP contribution in [0.2, 0.25) is 0 Å².